The molecule has 0 spiro atoms. The smallest absolute Gasteiger partial charge is 0.355 e. The highest BCUT2D eigenvalue weighted by molar-refractivity contribution is 8.33. The fraction of sp³-hybridized carbons (Fsp3) is 0.486. The van der Waals surface area contributed by atoms with Crippen molar-refractivity contribution in [3.8, 4) is 0 Å². The fourth-order valence-electron chi connectivity index (χ4n) is 6.16. The normalized spacial score (nSPS) is 18.0. The second-order valence-corrected chi connectivity index (χ2v) is 19.1. The van der Waals surface area contributed by atoms with E-state index in [0.717, 1.165) is 25.7 Å². The Kier molecular flexibility index (Phi) is 12.8. The third-order valence-corrected chi connectivity index (χ3v) is 16.3. The maximum absolute atomic E-state index is 15.8. The number of ether oxygens (including phenoxy) is 2. The van der Waals surface area contributed by atoms with E-state index in [0.29, 0.717) is 18.4 Å². The maximum atomic E-state index is 15.8. The van der Waals surface area contributed by atoms with Gasteiger partial charge in [-0.25, -0.2) is 12.0 Å². The van der Waals surface area contributed by atoms with Crippen LogP contribution >= 0.6 is 10.3 Å². The van der Waals surface area contributed by atoms with Gasteiger partial charge in [0.25, 0.3) is 10.0 Å². The van der Waals surface area contributed by atoms with Crippen LogP contribution in [0.2, 0.25) is 0 Å². The Labute approximate surface area is 302 Å². The maximum Gasteiger partial charge on any atom is 0.440 e. The molecule has 1 saturated heterocycles. The molecule has 2 fully saturated rings. The van der Waals surface area contributed by atoms with Crippen LogP contribution in [0.3, 0.4) is 0 Å². The van der Waals surface area contributed by atoms with Crippen molar-refractivity contribution in [2.45, 2.75) is 95.0 Å². The van der Waals surface area contributed by atoms with Gasteiger partial charge in [0.05, 0.1) is 12.7 Å². The topological polar surface area (TPSA) is 99.2 Å². The van der Waals surface area contributed by atoms with Gasteiger partial charge >= 0.3 is 26.5 Å². The number of hydrogen-bond acceptors (Lipinski definition) is 7. The summed E-state index contributed by atoms with van der Waals surface area (Å²) in [6.45, 7) is -0.883. The zero-order valence-electron chi connectivity index (χ0n) is 28.2. The standard InChI is InChI=1S/C35H41F6NO7S3/c36-33(37,34(38,39)51(43,44)42-24-11-4-12-25-42)35(40,41)52(45,46)49-50(30-15-7-2-8-16-30,31-17-9-3-10-18-31)32-21-19-28(20-22-32)23-26-47-27-48-29-13-5-1-6-14-29/h2-3,7-10,15-22,29H,1,4-6,11-14,23-27H2. The van der Waals surface area contributed by atoms with Gasteiger partial charge < -0.3 is 9.47 Å². The van der Waals surface area contributed by atoms with Gasteiger partial charge in [-0.1, -0.05) is 74.2 Å². The first-order valence-corrected chi connectivity index (χ1v) is 21.3. The molecule has 0 amide bonds. The first kappa shape index (κ1) is 40.5. The second kappa shape index (κ2) is 16.4. The van der Waals surface area contributed by atoms with Gasteiger partial charge in [0.1, 0.15) is 6.79 Å². The van der Waals surface area contributed by atoms with Crippen LogP contribution in [0.5, 0.6) is 0 Å². The fourth-order valence-corrected chi connectivity index (χ4v) is 13.0. The van der Waals surface area contributed by atoms with Crippen molar-refractivity contribution in [2.75, 3.05) is 26.5 Å². The Morgan fingerprint density at radius 3 is 1.67 bits per heavy atom. The van der Waals surface area contributed by atoms with Crippen LogP contribution in [-0.2, 0) is 39.7 Å². The average Bonchev–Trinajstić information content (AvgIpc) is 3.15. The number of benzene rings is 3. The van der Waals surface area contributed by atoms with Crippen molar-refractivity contribution in [1.82, 2.24) is 4.31 Å². The Bertz CT molecular complexity index is 1780. The van der Waals surface area contributed by atoms with Crippen LogP contribution in [0.4, 0.5) is 26.3 Å². The Hall–Kier alpha value is -2.67. The van der Waals surface area contributed by atoms with Gasteiger partial charge in [-0.3, -0.25) is 0 Å². The average molecular weight is 798 g/mol. The molecular formula is C35H41F6NO7S3. The third kappa shape index (κ3) is 7.91. The van der Waals surface area contributed by atoms with Crippen LogP contribution in [0.15, 0.2) is 99.6 Å². The lowest BCUT2D eigenvalue weighted by molar-refractivity contribution is -0.246. The van der Waals surface area contributed by atoms with Gasteiger partial charge in [-0.05, 0) is 84.4 Å². The zero-order chi connectivity index (χ0) is 37.7. The van der Waals surface area contributed by atoms with E-state index in [2.05, 4.69) is 0 Å². The van der Waals surface area contributed by atoms with Crippen LogP contribution < -0.4 is 0 Å². The Morgan fingerprint density at radius 2 is 1.13 bits per heavy atom. The van der Waals surface area contributed by atoms with E-state index >= 15 is 26.3 Å². The van der Waals surface area contributed by atoms with Gasteiger partial charge in [0, 0.05) is 27.8 Å². The van der Waals surface area contributed by atoms with Crippen molar-refractivity contribution in [3.05, 3.63) is 90.5 Å². The summed E-state index contributed by atoms with van der Waals surface area (Å²) >= 11 is 0. The van der Waals surface area contributed by atoms with E-state index < -0.39 is 60.0 Å². The summed E-state index contributed by atoms with van der Waals surface area (Å²) < 4.78 is 162. The highest BCUT2D eigenvalue weighted by Crippen LogP contribution is 2.71. The molecule has 2 aliphatic rings. The van der Waals surface area contributed by atoms with Crippen molar-refractivity contribution >= 4 is 30.5 Å². The van der Waals surface area contributed by atoms with E-state index in [4.69, 9.17) is 13.1 Å². The van der Waals surface area contributed by atoms with Crippen LogP contribution in [0, 0.1) is 0 Å². The SMILES string of the molecule is O=S(=O)(OS(c1ccccc1)(c1ccccc1)c1ccc(CCOCOC2CCCCC2)cc1)C(F)(F)C(F)(F)C(F)(F)S(=O)(=O)N1CCCCC1. The summed E-state index contributed by atoms with van der Waals surface area (Å²) in [6.07, 6.45) is 6.30. The predicted molar refractivity (Wildman–Crippen MR) is 183 cm³/mol. The zero-order valence-corrected chi connectivity index (χ0v) is 30.6. The van der Waals surface area contributed by atoms with Crippen molar-refractivity contribution in [3.63, 3.8) is 0 Å². The van der Waals surface area contributed by atoms with Gasteiger partial charge in [0.2, 0.25) is 0 Å². The van der Waals surface area contributed by atoms with Gasteiger partial charge in [-0.2, -0.15) is 39.1 Å². The number of nitrogens with zero attached hydrogens (tertiary/aromatic N) is 1. The molecule has 3 aromatic carbocycles. The Morgan fingerprint density at radius 1 is 0.635 bits per heavy atom. The van der Waals surface area contributed by atoms with E-state index in [-0.39, 0.29) is 51.3 Å². The number of hydrogen-bond donors (Lipinski definition) is 0. The van der Waals surface area contributed by atoms with Crippen molar-refractivity contribution in [2.24, 2.45) is 0 Å². The molecule has 1 heterocycles. The monoisotopic (exact) mass is 797 g/mol. The molecule has 17 heteroatoms. The van der Waals surface area contributed by atoms with E-state index in [1.807, 2.05) is 0 Å². The molecule has 0 bridgehead atoms. The number of sulfonamides is 1. The molecular weight excluding hydrogens is 757 g/mol. The van der Waals surface area contributed by atoms with Gasteiger partial charge in [0.15, 0.2) is 0 Å². The highest BCUT2D eigenvalue weighted by atomic mass is 32.3. The quantitative estimate of drug-likeness (QED) is 0.0813. The minimum atomic E-state index is -7.08. The minimum Gasteiger partial charge on any atom is -0.355 e. The second-order valence-electron chi connectivity index (χ2n) is 12.6. The summed E-state index contributed by atoms with van der Waals surface area (Å²) in [7, 11) is -17.5. The summed E-state index contributed by atoms with van der Waals surface area (Å²) in [5, 5.41) is -13.3. The van der Waals surface area contributed by atoms with E-state index in [1.165, 1.54) is 79.2 Å². The molecule has 0 radical (unpaired) electrons. The van der Waals surface area contributed by atoms with Crippen molar-refractivity contribution < 1.29 is 56.3 Å². The molecule has 0 atom stereocenters. The number of halogens is 6. The first-order valence-electron chi connectivity index (χ1n) is 16.9. The lowest BCUT2D eigenvalue weighted by atomic mass is 9.98. The largest absolute Gasteiger partial charge is 0.440 e. The molecule has 1 saturated carbocycles. The lowest BCUT2D eigenvalue weighted by Crippen LogP contribution is -2.63. The number of alkyl halides is 6. The van der Waals surface area contributed by atoms with Crippen LogP contribution in [0.25, 0.3) is 0 Å². The highest BCUT2D eigenvalue weighted by Gasteiger charge is 2.83. The van der Waals surface area contributed by atoms with Crippen LogP contribution in [0.1, 0.15) is 56.9 Å². The van der Waals surface area contributed by atoms with E-state index in [9.17, 15) is 16.8 Å². The van der Waals surface area contributed by atoms with Crippen LogP contribution in [-0.4, -0.2) is 70.2 Å². The number of rotatable bonds is 16. The molecule has 52 heavy (non-hydrogen) atoms. The summed E-state index contributed by atoms with van der Waals surface area (Å²) in [6, 6.07) is 20.0. The number of piperidine rings is 1. The third-order valence-electron chi connectivity index (χ3n) is 9.10. The molecule has 288 valence electrons. The van der Waals surface area contributed by atoms with Gasteiger partial charge in [-0.15, -0.1) is 0 Å². The molecule has 3 aromatic rings. The molecule has 8 nitrogen and oxygen atoms in total. The lowest BCUT2D eigenvalue weighted by Gasteiger charge is -2.41. The summed E-state index contributed by atoms with van der Waals surface area (Å²) in [5.74, 6) is -6.96. The van der Waals surface area contributed by atoms with E-state index in [1.54, 1.807) is 12.1 Å². The molecule has 1 aliphatic heterocycles. The summed E-state index contributed by atoms with van der Waals surface area (Å²) in [4.78, 5) is -0.148. The predicted octanol–water partition coefficient (Wildman–Crippen LogP) is 8.73. The molecule has 0 N–H and O–H groups in total. The summed E-state index contributed by atoms with van der Waals surface area (Å²) in [5.41, 5.74) is 0.679. The first-order chi connectivity index (χ1) is 24.6. The molecule has 1 aliphatic carbocycles. The van der Waals surface area contributed by atoms with Crippen molar-refractivity contribution in [1.29, 1.82) is 0 Å². The molecule has 5 rings (SSSR count). The minimum absolute atomic E-state index is 0.0200. The Balaban J connectivity index is 1.49. The molecule has 0 unspecified atom stereocenters. The molecule has 0 aromatic heterocycles.